The number of carbonyl (C=O) groups is 2. The molecule has 1 aliphatic carbocycles. The number of hydrogen-bond donors (Lipinski definition) is 2. The van der Waals surface area contributed by atoms with Crippen LogP contribution in [0.3, 0.4) is 0 Å². The minimum Gasteiger partial charge on any atom is -0.396 e. The van der Waals surface area contributed by atoms with Crippen molar-refractivity contribution < 1.29 is 14.7 Å². The molecule has 0 spiro atoms. The van der Waals surface area contributed by atoms with Crippen LogP contribution < -0.4 is 5.32 Å². The molecule has 1 aromatic carbocycles. The summed E-state index contributed by atoms with van der Waals surface area (Å²) in [5.74, 6) is 0.397. The van der Waals surface area contributed by atoms with Gasteiger partial charge in [0.1, 0.15) is 0 Å². The van der Waals surface area contributed by atoms with Gasteiger partial charge in [0.2, 0.25) is 11.8 Å². The molecule has 0 aromatic heterocycles. The maximum absolute atomic E-state index is 12.5. The topological polar surface area (TPSA) is 69.6 Å². The van der Waals surface area contributed by atoms with Crippen LogP contribution in [-0.4, -0.2) is 48.1 Å². The lowest BCUT2D eigenvalue weighted by molar-refractivity contribution is -0.132. The van der Waals surface area contributed by atoms with E-state index in [1.54, 1.807) is 4.90 Å². The zero-order chi connectivity index (χ0) is 18.6. The van der Waals surface area contributed by atoms with Crippen molar-refractivity contribution in [3.8, 4) is 0 Å². The average Bonchev–Trinajstić information content (AvgIpc) is 2.67. The zero-order valence-electron chi connectivity index (χ0n) is 15.2. The van der Waals surface area contributed by atoms with Crippen molar-refractivity contribution in [1.29, 1.82) is 0 Å². The Labute approximate surface area is 155 Å². The number of rotatable bonds is 6. The summed E-state index contributed by atoms with van der Waals surface area (Å²) in [5.41, 5.74) is 1.11. The zero-order valence-corrected chi connectivity index (χ0v) is 15.2. The van der Waals surface area contributed by atoms with E-state index in [9.17, 15) is 14.7 Å². The number of nitrogens with one attached hydrogen (secondary N) is 1. The molecule has 140 valence electrons. The van der Waals surface area contributed by atoms with Crippen molar-refractivity contribution >= 4 is 11.8 Å². The van der Waals surface area contributed by atoms with Crippen molar-refractivity contribution in [2.45, 2.75) is 31.6 Å². The van der Waals surface area contributed by atoms with E-state index in [0.29, 0.717) is 38.4 Å². The van der Waals surface area contributed by atoms with Crippen LogP contribution >= 0.6 is 0 Å². The number of amides is 2. The predicted octanol–water partition coefficient (Wildman–Crippen LogP) is 2.08. The lowest BCUT2D eigenvalue weighted by Crippen LogP contribution is -2.50. The van der Waals surface area contributed by atoms with Gasteiger partial charge in [-0.1, -0.05) is 36.9 Å². The smallest absolute Gasteiger partial charge is 0.245 e. The maximum atomic E-state index is 12.5. The molecule has 1 heterocycles. The molecule has 2 N–H and O–H groups in total. The van der Waals surface area contributed by atoms with Crippen molar-refractivity contribution in [2.75, 3.05) is 26.2 Å². The quantitative estimate of drug-likeness (QED) is 0.767. The fourth-order valence-electron chi connectivity index (χ4n) is 4.19. The molecule has 5 heteroatoms. The molecule has 1 saturated heterocycles. The minimum atomic E-state index is -0.199. The standard InChI is InChI=1S/C21H28N2O3/c1-2-19(25)23-10-8-17(9-11-23)20(26)22-14-21(15-24)12-18(13-21)16-6-4-3-5-7-16/h2-7,17-18,24H,1,8-15H2,(H,22,26). The summed E-state index contributed by atoms with van der Waals surface area (Å²) in [6.07, 6.45) is 4.50. The van der Waals surface area contributed by atoms with Gasteiger partial charge in [-0.15, -0.1) is 0 Å². The van der Waals surface area contributed by atoms with Crippen LogP contribution in [0.1, 0.15) is 37.2 Å². The number of aliphatic hydroxyl groups is 1. The van der Waals surface area contributed by atoms with Crippen LogP contribution in [0.5, 0.6) is 0 Å². The Bertz CT molecular complexity index is 644. The molecule has 0 unspecified atom stereocenters. The third kappa shape index (κ3) is 3.98. The molecule has 1 aliphatic heterocycles. The van der Waals surface area contributed by atoms with E-state index in [-0.39, 0.29) is 29.8 Å². The lowest BCUT2D eigenvalue weighted by atomic mass is 9.60. The van der Waals surface area contributed by atoms with Crippen LogP contribution in [0.2, 0.25) is 0 Å². The highest BCUT2D eigenvalue weighted by molar-refractivity contribution is 5.87. The first kappa shape index (κ1) is 18.6. The third-order valence-corrected chi connectivity index (χ3v) is 5.95. The molecular formula is C21H28N2O3. The van der Waals surface area contributed by atoms with E-state index in [2.05, 4.69) is 24.0 Å². The van der Waals surface area contributed by atoms with Gasteiger partial charge in [0.25, 0.3) is 0 Å². The number of nitrogens with zero attached hydrogens (tertiary/aromatic N) is 1. The van der Waals surface area contributed by atoms with E-state index in [1.807, 2.05) is 18.2 Å². The van der Waals surface area contributed by atoms with Gasteiger partial charge in [0, 0.05) is 31.0 Å². The van der Waals surface area contributed by atoms with E-state index >= 15 is 0 Å². The van der Waals surface area contributed by atoms with Crippen molar-refractivity contribution in [2.24, 2.45) is 11.3 Å². The Hall–Kier alpha value is -2.14. The Morgan fingerprint density at radius 1 is 1.23 bits per heavy atom. The van der Waals surface area contributed by atoms with Crippen molar-refractivity contribution in [3.05, 3.63) is 48.6 Å². The van der Waals surface area contributed by atoms with E-state index in [4.69, 9.17) is 0 Å². The molecule has 2 amide bonds. The normalized spacial score (nSPS) is 26.0. The van der Waals surface area contributed by atoms with Crippen LogP contribution in [0.25, 0.3) is 0 Å². The maximum Gasteiger partial charge on any atom is 0.245 e. The summed E-state index contributed by atoms with van der Waals surface area (Å²) >= 11 is 0. The highest BCUT2D eigenvalue weighted by Crippen LogP contribution is 2.50. The number of benzene rings is 1. The molecule has 0 atom stereocenters. The number of aliphatic hydroxyl groups excluding tert-OH is 1. The van der Waals surface area contributed by atoms with Gasteiger partial charge in [0.05, 0.1) is 6.61 Å². The second-order valence-electron chi connectivity index (χ2n) is 7.70. The second kappa shape index (κ2) is 8.04. The molecule has 0 bridgehead atoms. The summed E-state index contributed by atoms with van der Waals surface area (Å²) in [4.78, 5) is 25.8. The minimum absolute atomic E-state index is 0.0479. The third-order valence-electron chi connectivity index (χ3n) is 5.95. The number of hydrogen-bond acceptors (Lipinski definition) is 3. The molecule has 0 radical (unpaired) electrons. The molecule has 1 saturated carbocycles. The summed E-state index contributed by atoms with van der Waals surface area (Å²) in [5, 5.41) is 12.9. The Kier molecular flexibility index (Phi) is 5.77. The van der Waals surface area contributed by atoms with Gasteiger partial charge < -0.3 is 15.3 Å². The molecule has 2 fully saturated rings. The summed E-state index contributed by atoms with van der Waals surface area (Å²) in [7, 11) is 0. The van der Waals surface area contributed by atoms with Crippen molar-refractivity contribution in [1.82, 2.24) is 10.2 Å². The van der Waals surface area contributed by atoms with Gasteiger partial charge in [-0.05, 0) is 43.2 Å². The van der Waals surface area contributed by atoms with E-state index in [1.165, 1.54) is 11.6 Å². The Morgan fingerprint density at radius 2 is 1.88 bits per heavy atom. The molecule has 2 aliphatic rings. The first-order valence-electron chi connectivity index (χ1n) is 9.42. The lowest BCUT2D eigenvalue weighted by Gasteiger charge is -2.47. The Balaban J connectivity index is 1.45. The van der Waals surface area contributed by atoms with E-state index < -0.39 is 0 Å². The van der Waals surface area contributed by atoms with Gasteiger partial charge in [-0.3, -0.25) is 9.59 Å². The fraction of sp³-hybridized carbons (Fsp3) is 0.524. The average molecular weight is 356 g/mol. The molecule has 3 rings (SSSR count). The summed E-state index contributed by atoms with van der Waals surface area (Å²) in [6.45, 7) is 5.33. The van der Waals surface area contributed by atoms with Crippen LogP contribution in [0, 0.1) is 11.3 Å². The van der Waals surface area contributed by atoms with E-state index in [0.717, 1.165) is 12.8 Å². The van der Waals surface area contributed by atoms with Gasteiger partial charge in [-0.25, -0.2) is 0 Å². The molecule has 26 heavy (non-hydrogen) atoms. The molecular weight excluding hydrogens is 328 g/mol. The fourth-order valence-corrected chi connectivity index (χ4v) is 4.19. The number of piperidine rings is 1. The monoisotopic (exact) mass is 356 g/mol. The molecule has 5 nitrogen and oxygen atoms in total. The van der Waals surface area contributed by atoms with Crippen LogP contribution in [0.15, 0.2) is 43.0 Å². The predicted molar refractivity (Wildman–Crippen MR) is 100 cm³/mol. The summed E-state index contributed by atoms with van der Waals surface area (Å²) in [6, 6.07) is 10.3. The van der Waals surface area contributed by atoms with Gasteiger partial charge >= 0.3 is 0 Å². The van der Waals surface area contributed by atoms with Crippen LogP contribution in [0.4, 0.5) is 0 Å². The number of likely N-dealkylation sites (tertiary alicyclic amines) is 1. The Morgan fingerprint density at radius 3 is 2.46 bits per heavy atom. The van der Waals surface area contributed by atoms with Gasteiger partial charge in [0.15, 0.2) is 0 Å². The number of carbonyl (C=O) groups excluding carboxylic acids is 2. The van der Waals surface area contributed by atoms with Gasteiger partial charge in [-0.2, -0.15) is 0 Å². The highest BCUT2D eigenvalue weighted by Gasteiger charge is 2.44. The first-order chi connectivity index (χ1) is 12.6. The summed E-state index contributed by atoms with van der Waals surface area (Å²) < 4.78 is 0. The molecule has 1 aromatic rings. The van der Waals surface area contributed by atoms with Crippen LogP contribution in [-0.2, 0) is 9.59 Å². The second-order valence-corrected chi connectivity index (χ2v) is 7.70. The largest absolute Gasteiger partial charge is 0.396 e. The first-order valence-corrected chi connectivity index (χ1v) is 9.42. The highest BCUT2D eigenvalue weighted by atomic mass is 16.3. The van der Waals surface area contributed by atoms with Crippen molar-refractivity contribution in [3.63, 3.8) is 0 Å². The SMILES string of the molecule is C=CC(=O)N1CCC(C(=O)NCC2(CO)CC(c3ccccc3)C2)CC1.